The average molecular weight is 665 g/mol. The highest BCUT2D eigenvalue weighted by molar-refractivity contribution is 6.72. The zero-order valence-corrected chi connectivity index (χ0v) is 28.5. The lowest BCUT2D eigenvalue weighted by molar-refractivity contribution is -0.146. The number of hydrogen-bond acceptors (Lipinski definition) is 8. The standard InChI is InChI=1S/C34H45FN6O5Si/c1-22-31(47(3,4)35)30(12-15-40-21-26(13-16-42)38-39-40)46-34(22)28-18-27(45-2)10-11-29(28)41(33(34)44)20-23-7-5-9-25(17-23)37-32(43)24-8-6-14-36-19-24/h5,7,9-11,17-18,21-22,24,30-31,36,42H,6,8,12-16,19-20H2,1-4H3,(H,37,43)/t22-,24?,30+,31-,34+/m0/s1. The van der Waals surface area contributed by atoms with Gasteiger partial charge in [-0.3, -0.25) is 14.3 Å². The summed E-state index contributed by atoms with van der Waals surface area (Å²) in [6.45, 7) is 7.57. The molecule has 2 aromatic carbocycles. The van der Waals surface area contributed by atoms with Gasteiger partial charge in [0.15, 0.2) is 5.60 Å². The molecule has 252 valence electrons. The molecule has 13 heteroatoms. The topological polar surface area (TPSA) is 131 Å². The number of halogens is 1. The first-order valence-electron chi connectivity index (χ1n) is 16.5. The molecule has 3 aliphatic rings. The van der Waals surface area contributed by atoms with Crippen LogP contribution in [0.2, 0.25) is 18.6 Å². The maximum absolute atomic E-state index is 16.2. The number of nitrogens with one attached hydrogen (secondary N) is 2. The van der Waals surface area contributed by atoms with E-state index in [2.05, 4.69) is 20.9 Å². The molecule has 4 heterocycles. The summed E-state index contributed by atoms with van der Waals surface area (Å²) in [5, 5.41) is 23.9. The minimum atomic E-state index is -3.35. The van der Waals surface area contributed by atoms with E-state index in [-0.39, 0.29) is 30.9 Å². The van der Waals surface area contributed by atoms with E-state index in [1.807, 2.05) is 49.4 Å². The molecule has 3 aromatic rings. The smallest absolute Gasteiger partial charge is 0.264 e. The lowest BCUT2D eigenvalue weighted by Gasteiger charge is -2.31. The second-order valence-corrected chi connectivity index (χ2v) is 17.3. The highest BCUT2D eigenvalue weighted by Crippen LogP contribution is 2.60. The van der Waals surface area contributed by atoms with Gasteiger partial charge >= 0.3 is 0 Å². The number of piperidine rings is 1. The normalized spacial score (nSPS) is 25.7. The summed E-state index contributed by atoms with van der Waals surface area (Å²) in [6, 6.07) is 13.1. The molecule has 1 unspecified atom stereocenters. The highest BCUT2D eigenvalue weighted by Gasteiger charge is 2.66. The Kier molecular flexibility index (Phi) is 9.52. The van der Waals surface area contributed by atoms with Crippen LogP contribution in [0.1, 0.15) is 43.0 Å². The van der Waals surface area contributed by atoms with Gasteiger partial charge in [0.2, 0.25) is 14.3 Å². The van der Waals surface area contributed by atoms with Crippen molar-refractivity contribution in [2.24, 2.45) is 11.8 Å². The molecule has 1 spiro atoms. The number of benzene rings is 2. The number of rotatable bonds is 11. The Morgan fingerprint density at radius 3 is 2.83 bits per heavy atom. The number of hydrogen-bond donors (Lipinski definition) is 3. The molecule has 1 aromatic heterocycles. The van der Waals surface area contributed by atoms with E-state index in [9.17, 15) is 14.7 Å². The number of aliphatic hydroxyl groups is 1. The molecule has 3 aliphatic heterocycles. The molecule has 0 bridgehead atoms. The molecular formula is C34H45FN6O5Si. The molecule has 0 saturated carbocycles. The van der Waals surface area contributed by atoms with E-state index in [0.717, 1.165) is 24.9 Å². The Morgan fingerprint density at radius 2 is 2.11 bits per heavy atom. The maximum atomic E-state index is 16.2. The predicted molar refractivity (Wildman–Crippen MR) is 178 cm³/mol. The molecular weight excluding hydrogens is 619 g/mol. The first kappa shape index (κ1) is 33.3. The summed E-state index contributed by atoms with van der Waals surface area (Å²) < 4.78 is 30.4. The molecule has 2 fully saturated rings. The van der Waals surface area contributed by atoms with Crippen molar-refractivity contribution in [2.75, 3.05) is 37.0 Å². The molecule has 11 nitrogen and oxygen atoms in total. The van der Waals surface area contributed by atoms with Crippen molar-refractivity contribution in [3.8, 4) is 5.75 Å². The number of nitrogens with zero attached hydrogens (tertiary/aromatic N) is 4. The second kappa shape index (κ2) is 13.5. The van der Waals surface area contributed by atoms with Crippen LogP contribution in [0.15, 0.2) is 48.7 Å². The number of amides is 2. The number of methoxy groups -OCH3 is 1. The van der Waals surface area contributed by atoms with E-state index in [0.29, 0.717) is 54.3 Å². The first-order chi connectivity index (χ1) is 22.5. The lowest BCUT2D eigenvalue weighted by Crippen LogP contribution is -2.45. The molecule has 2 saturated heterocycles. The molecule has 2 amide bonds. The minimum absolute atomic E-state index is 0.0122. The number of aromatic nitrogens is 3. The summed E-state index contributed by atoms with van der Waals surface area (Å²) in [5.74, 6) is -0.176. The Bertz CT molecular complexity index is 1610. The summed E-state index contributed by atoms with van der Waals surface area (Å²) in [7, 11) is -1.77. The zero-order valence-electron chi connectivity index (χ0n) is 27.5. The number of carbonyl (C=O) groups is 2. The van der Waals surface area contributed by atoms with Crippen molar-refractivity contribution in [3.63, 3.8) is 0 Å². The van der Waals surface area contributed by atoms with Crippen LogP contribution >= 0.6 is 0 Å². The molecule has 3 N–H and O–H groups in total. The maximum Gasteiger partial charge on any atom is 0.264 e. The van der Waals surface area contributed by atoms with Gasteiger partial charge < -0.3 is 34.2 Å². The largest absolute Gasteiger partial charge is 0.497 e. The fourth-order valence-electron chi connectivity index (χ4n) is 7.77. The van der Waals surface area contributed by atoms with Gasteiger partial charge in [0.1, 0.15) is 5.75 Å². The van der Waals surface area contributed by atoms with Gasteiger partial charge in [0.05, 0.1) is 37.1 Å². The molecule has 0 aliphatic carbocycles. The number of fused-ring (bicyclic) bond motifs is 2. The van der Waals surface area contributed by atoms with Crippen LogP contribution in [0.4, 0.5) is 15.5 Å². The Hall–Kier alpha value is -3.65. The van der Waals surface area contributed by atoms with Gasteiger partial charge in [0, 0.05) is 55.0 Å². The number of aliphatic hydroxyl groups excluding tert-OH is 1. The van der Waals surface area contributed by atoms with E-state index in [1.54, 1.807) is 36.0 Å². The lowest BCUT2D eigenvalue weighted by atomic mass is 9.82. The van der Waals surface area contributed by atoms with Crippen LogP contribution in [0, 0.1) is 11.8 Å². The van der Waals surface area contributed by atoms with E-state index < -0.39 is 31.6 Å². The molecule has 47 heavy (non-hydrogen) atoms. The van der Waals surface area contributed by atoms with Gasteiger partial charge in [-0.15, -0.1) is 5.10 Å². The Morgan fingerprint density at radius 1 is 1.28 bits per heavy atom. The van der Waals surface area contributed by atoms with Crippen molar-refractivity contribution < 1.29 is 28.3 Å². The summed E-state index contributed by atoms with van der Waals surface area (Å²) in [5.41, 5.74) is 1.74. The third kappa shape index (κ3) is 6.45. The molecule has 5 atom stereocenters. The van der Waals surface area contributed by atoms with E-state index in [1.165, 1.54) is 0 Å². The van der Waals surface area contributed by atoms with Crippen molar-refractivity contribution in [1.82, 2.24) is 20.3 Å². The van der Waals surface area contributed by atoms with Crippen molar-refractivity contribution in [1.29, 1.82) is 0 Å². The van der Waals surface area contributed by atoms with Gasteiger partial charge in [-0.25, -0.2) is 0 Å². The van der Waals surface area contributed by atoms with E-state index >= 15 is 4.11 Å². The van der Waals surface area contributed by atoms with Gasteiger partial charge in [-0.2, -0.15) is 0 Å². The molecule has 6 rings (SSSR count). The Balaban J connectivity index is 1.29. The highest BCUT2D eigenvalue weighted by atomic mass is 28.4. The van der Waals surface area contributed by atoms with Crippen molar-refractivity contribution >= 4 is 31.6 Å². The monoisotopic (exact) mass is 664 g/mol. The van der Waals surface area contributed by atoms with Gasteiger partial charge in [-0.05, 0) is 74.8 Å². The van der Waals surface area contributed by atoms with Crippen molar-refractivity contribution in [2.45, 2.75) is 76.0 Å². The fraction of sp³-hybridized carbons (Fsp3) is 0.529. The summed E-state index contributed by atoms with van der Waals surface area (Å²) in [6.07, 6.45) is 3.93. The average Bonchev–Trinajstić information content (AvgIpc) is 3.70. The van der Waals surface area contributed by atoms with Gasteiger partial charge in [0.25, 0.3) is 5.91 Å². The SMILES string of the molecule is COc1ccc2c(c1)[C@@]1(O[C@H](CCn3cc(CCO)nn3)[C@@H]([Si](C)(C)F)[C@@H]1C)C(=O)N2Cc1cccc(NC(=O)C2CCCNC2)c1. The van der Waals surface area contributed by atoms with Crippen LogP contribution in [-0.2, 0) is 39.4 Å². The summed E-state index contributed by atoms with van der Waals surface area (Å²) in [4.78, 5) is 29.4. The number of carbonyl (C=O) groups excluding carboxylic acids is 2. The molecule has 0 radical (unpaired) electrons. The van der Waals surface area contributed by atoms with Crippen LogP contribution in [0.25, 0.3) is 0 Å². The number of ether oxygens (including phenoxy) is 2. The quantitative estimate of drug-likeness (QED) is 0.206. The van der Waals surface area contributed by atoms with Crippen LogP contribution in [0.3, 0.4) is 0 Å². The predicted octanol–water partition coefficient (Wildman–Crippen LogP) is 4.17. The van der Waals surface area contributed by atoms with Crippen molar-refractivity contribution in [3.05, 3.63) is 65.5 Å². The zero-order chi connectivity index (χ0) is 33.3. The first-order valence-corrected chi connectivity index (χ1v) is 19.5. The Labute approximate surface area is 276 Å². The van der Waals surface area contributed by atoms with Crippen LogP contribution < -0.4 is 20.3 Å². The van der Waals surface area contributed by atoms with Gasteiger partial charge in [-0.1, -0.05) is 24.3 Å². The third-order valence-corrected chi connectivity index (χ3v) is 12.4. The summed E-state index contributed by atoms with van der Waals surface area (Å²) >= 11 is 0. The third-order valence-electron chi connectivity index (χ3n) is 9.97. The number of aryl methyl sites for hydroxylation is 1. The minimum Gasteiger partial charge on any atom is -0.497 e. The van der Waals surface area contributed by atoms with E-state index in [4.69, 9.17) is 9.47 Å². The second-order valence-electron chi connectivity index (χ2n) is 13.5. The van der Waals surface area contributed by atoms with Crippen LogP contribution in [-0.4, -0.2) is 73.2 Å². The van der Waals surface area contributed by atoms with Crippen LogP contribution in [0.5, 0.6) is 5.75 Å². The fourth-order valence-corrected chi connectivity index (χ4v) is 10.3. The number of anilines is 2.